The van der Waals surface area contributed by atoms with Gasteiger partial charge >= 0.3 is 5.97 Å². The van der Waals surface area contributed by atoms with Gasteiger partial charge in [0.25, 0.3) is 5.91 Å². The maximum atomic E-state index is 13.8. The second-order valence-corrected chi connectivity index (χ2v) is 6.57. The molecule has 1 heterocycles. The second-order valence-electron chi connectivity index (χ2n) is 6.57. The number of hydrogen-bond acceptors (Lipinski definition) is 5. The molecule has 3 aromatic rings. The molecule has 158 valence electrons. The highest BCUT2D eigenvalue weighted by atomic mass is 19.1. The summed E-state index contributed by atoms with van der Waals surface area (Å²) in [6, 6.07) is 9.44. The van der Waals surface area contributed by atoms with Crippen molar-refractivity contribution in [3.63, 3.8) is 0 Å². The lowest BCUT2D eigenvalue weighted by atomic mass is 10.1. The lowest BCUT2D eigenvalue weighted by molar-refractivity contribution is -0.124. The van der Waals surface area contributed by atoms with E-state index in [0.717, 1.165) is 17.5 Å². The first-order valence-corrected chi connectivity index (χ1v) is 9.40. The molecule has 6 nitrogen and oxygen atoms in total. The fourth-order valence-corrected chi connectivity index (χ4v) is 3.02. The Kier molecular flexibility index (Phi) is 6.79. The Bertz CT molecular complexity index is 1060. The van der Waals surface area contributed by atoms with Gasteiger partial charge in [0.15, 0.2) is 6.61 Å². The first-order valence-electron chi connectivity index (χ1n) is 9.40. The number of para-hydroxylation sites is 1. The van der Waals surface area contributed by atoms with Gasteiger partial charge < -0.3 is 19.2 Å². The maximum Gasteiger partial charge on any atom is 0.375 e. The molecule has 1 aromatic heterocycles. The van der Waals surface area contributed by atoms with Crippen LogP contribution in [0.25, 0.3) is 11.0 Å². The fourth-order valence-electron chi connectivity index (χ4n) is 3.02. The minimum Gasteiger partial charge on any atom is -0.450 e. The molecular weight excluding hydrogens is 396 g/mol. The Morgan fingerprint density at radius 3 is 2.67 bits per heavy atom. The van der Waals surface area contributed by atoms with Crippen LogP contribution in [0, 0.1) is 11.6 Å². The number of fused-ring (bicyclic) bond motifs is 1. The van der Waals surface area contributed by atoms with Crippen LogP contribution in [0.2, 0.25) is 0 Å². The van der Waals surface area contributed by atoms with Crippen LogP contribution in [0.15, 0.2) is 46.9 Å². The van der Waals surface area contributed by atoms with E-state index in [1.807, 2.05) is 13.0 Å². The van der Waals surface area contributed by atoms with E-state index in [2.05, 4.69) is 5.32 Å². The summed E-state index contributed by atoms with van der Waals surface area (Å²) in [7, 11) is 0. The molecule has 0 bridgehead atoms. The van der Waals surface area contributed by atoms with Gasteiger partial charge in [0, 0.05) is 29.2 Å². The topological polar surface area (TPSA) is 77.8 Å². The van der Waals surface area contributed by atoms with Crippen molar-refractivity contribution in [3.05, 3.63) is 71.0 Å². The van der Waals surface area contributed by atoms with Crippen LogP contribution >= 0.6 is 0 Å². The largest absolute Gasteiger partial charge is 0.450 e. The molecule has 0 aliphatic rings. The van der Waals surface area contributed by atoms with E-state index in [0.29, 0.717) is 17.8 Å². The van der Waals surface area contributed by atoms with Crippen molar-refractivity contribution in [2.24, 2.45) is 0 Å². The van der Waals surface area contributed by atoms with Crippen LogP contribution < -0.4 is 5.32 Å². The monoisotopic (exact) mass is 417 g/mol. The van der Waals surface area contributed by atoms with Crippen LogP contribution in [-0.4, -0.2) is 25.1 Å². The van der Waals surface area contributed by atoms with E-state index in [1.165, 1.54) is 13.0 Å². The highest BCUT2D eigenvalue weighted by Crippen LogP contribution is 2.27. The van der Waals surface area contributed by atoms with Crippen LogP contribution in [-0.2, 0) is 20.9 Å². The molecule has 8 heteroatoms. The number of nitrogens with one attached hydrogen (secondary N) is 1. The molecular formula is C22H21F2NO5. The van der Waals surface area contributed by atoms with Crippen molar-refractivity contribution in [3.8, 4) is 0 Å². The van der Waals surface area contributed by atoms with Crippen LogP contribution in [0.4, 0.5) is 8.78 Å². The summed E-state index contributed by atoms with van der Waals surface area (Å²) in [5.74, 6) is -2.96. The average molecular weight is 417 g/mol. The molecule has 0 radical (unpaired) electrons. The number of hydrogen-bond donors (Lipinski definition) is 1. The van der Waals surface area contributed by atoms with E-state index < -0.39 is 36.2 Å². The molecule has 0 aliphatic heterocycles. The summed E-state index contributed by atoms with van der Waals surface area (Å²) < 4.78 is 42.9. The third-order valence-corrected chi connectivity index (χ3v) is 4.48. The van der Waals surface area contributed by atoms with E-state index in [1.54, 1.807) is 18.2 Å². The summed E-state index contributed by atoms with van der Waals surface area (Å²) >= 11 is 0. The molecule has 0 aliphatic carbocycles. The highest BCUT2D eigenvalue weighted by Gasteiger charge is 2.23. The number of ether oxygens (including phenoxy) is 2. The Morgan fingerprint density at radius 2 is 1.93 bits per heavy atom. The van der Waals surface area contributed by atoms with Gasteiger partial charge in [-0.05, 0) is 26.0 Å². The molecule has 30 heavy (non-hydrogen) atoms. The molecule has 0 unspecified atom stereocenters. The lowest BCUT2D eigenvalue weighted by Gasteiger charge is -2.15. The van der Waals surface area contributed by atoms with Crippen molar-refractivity contribution in [1.82, 2.24) is 5.32 Å². The minimum absolute atomic E-state index is 0.0323. The van der Waals surface area contributed by atoms with E-state index in [4.69, 9.17) is 13.9 Å². The summed E-state index contributed by atoms with van der Waals surface area (Å²) in [6.07, 6.45) is 0. The number of halogens is 2. The number of carbonyl (C=O) groups is 2. The third-order valence-electron chi connectivity index (χ3n) is 4.48. The summed E-state index contributed by atoms with van der Waals surface area (Å²) in [6.45, 7) is 3.39. The number of esters is 1. The predicted molar refractivity (Wildman–Crippen MR) is 105 cm³/mol. The molecule has 0 saturated heterocycles. The zero-order valence-electron chi connectivity index (χ0n) is 16.5. The van der Waals surface area contributed by atoms with Crippen molar-refractivity contribution in [2.45, 2.75) is 26.5 Å². The maximum absolute atomic E-state index is 13.8. The minimum atomic E-state index is -0.809. The number of rotatable bonds is 8. The molecule has 0 spiro atoms. The van der Waals surface area contributed by atoms with E-state index in [-0.39, 0.29) is 17.9 Å². The Hall–Kier alpha value is -3.26. The van der Waals surface area contributed by atoms with Gasteiger partial charge in [-0.15, -0.1) is 0 Å². The summed E-state index contributed by atoms with van der Waals surface area (Å²) in [5.41, 5.74) is 1.16. The van der Waals surface area contributed by atoms with Crippen LogP contribution in [0.1, 0.15) is 41.6 Å². The molecule has 0 saturated carbocycles. The Morgan fingerprint density at radius 1 is 1.17 bits per heavy atom. The summed E-state index contributed by atoms with van der Waals surface area (Å²) in [5, 5.41) is 3.23. The molecule has 3 rings (SSSR count). The quantitative estimate of drug-likeness (QED) is 0.554. The Balaban J connectivity index is 1.65. The zero-order chi connectivity index (χ0) is 21.7. The first-order chi connectivity index (χ1) is 14.4. The average Bonchev–Trinajstić information content (AvgIpc) is 3.09. The first kappa shape index (κ1) is 21.4. The second kappa shape index (κ2) is 9.49. The van der Waals surface area contributed by atoms with Crippen molar-refractivity contribution >= 4 is 22.8 Å². The van der Waals surface area contributed by atoms with Gasteiger partial charge in [-0.3, -0.25) is 4.79 Å². The van der Waals surface area contributed by atoms with E-state index in [9.17, 15) is 18.4 Å². The molecule has 1 atom stereocenters. The van der Waals surface area contributed by atoms with E-state index >= 15 is 0 Å². The molecule has 0 fully saturated rings. The van der Waals surface area contributed by atoms with Gasteiger partial charge in [-0.2, -0.15) is 0 Å². The number of benzene rings is 2. The van der Waals surface area contributed by atoms with Gasteiger partial charge in [0.2, 0.25) is 5.76 Å². The van der Waals surface area contributed by atoms with Crippen LogP contribution in [0.5, 0.6) is 0 Å². The zero-order valence-corrected chi connectivity index (χ0v) is 16.5. The SMILES string of the molecule is CCOCc1c(C(=O)OCC(=O)N[C@@H](C)c2ccc(F)cc2F)oc2ccccc12. The van der Waals surface area contributed by atoms with Gasteiger partial charge in [0.05, 0.1) is 12.6 Å². The number of furan rings is 1. The lowest BCUT2D eigenvalue weighted by Crippen LogP contribution is -2.31. The highest BCUT2D eigenvalue weighted by molar-refractivity contribution is 5.96. The predicted octanol–water partition coefficient (Wildman–Crippen LogP) is 4.28. The molecule has 1 N–H and O–H groups in total. The number of carbonyl (C=O) groups excluding carboxylic acids is 2. The fraction of sp³-hybridized carbons (Fsp3) is 0.273. The summed E-state index contributed by atoms with van der Waals surface area (Å²) in [4.78, 5) is 24.6. The van der Waals surface area contributed by atoms with Crippen molar-refractivity contribution < 1.29 is 32.3 Å². The molecule has 2 aromatic carbocycles. The van der Waals surface area contributed by atoms with Crippen molar-refractivity contribution in [2.75, 3.05) is 13.2 Å². The standard InChI is InChI=1S/C22H21F2NO5/c1-3-28-11-17-16-6-4-5-7-19(16)30-21(17)22(27)29-12-20(26)25-13(2)15-9-8-14(23)10-18(15)24/h4-10,13H,3,11-12H2,1-2H3,(H,25,26)/t13-/m0/s1. The number of amides is 1. The molecule has 1 amide bonds. The van der Waals surface area contributed by atoms with Gasteiger partial charge in [-0.25, -0.2) is 13.6 Å². The third kappa shape index (κ3) is 4.83. The van der Waals surface area contributed by atoms with Crippen molar-refractivity contribution in [1.29, 1.82) is 0 Å². The van der Waals surface area contributed by atoms with Gasteiger partial charge in [-0.1, -0.05) is 24.3 Å². The Labute approximate surface area is 171 Å². The smallest absolute Gasteiger partial charge is 0.375 e. The van der Waals surface area contributed by atoms with Crippen LogP contribution in [0.3, 0.4) is 0 Å². The normalized spacial score (nSPS) is 12.0. The van der Waals surface area contributed by atoms with Gasteiger partial charge in [0.1, 0.15) is 17.2 Å².